The largest absolute Gasteiger partial charge is 0.495 e. The number of hydrogen-bond acceptors (Lipinski definition) is 1. The number of benzene rings is 1. The average molecular weight is 167 g/mol. The molecule has 1 nitrogen and oxygen atoms in total. The lowest BCUT2D eigenvalue weighted by molar-refractivity contribution is 0.413. The number of methoxy groups -OCH3 is 1. The van der Waals surface area contributed by atoms with Gasteiger partial charge in [-0.1, -0.05) is 23.6 Å². The predicted molar refractivity (Wildman–Crippen MR) is 45.9 cm³/mol. The monoisotopic (exact) mass is 166 g/mol. The van der Waals surface area contributed by atoms with Crippen LogP contribution in [-0.4, -0.2) is 7.11 Å². The van der Waals surface area contributed by atoms with Crippen molar-refractivity contribution >= 4 is 11.6 Å². The zero-order valence-electron chi connectivity index (χ0n) is 6.10. The quantitative estimate of drug-likeness (QED) is 0.582. The molecule has 0 saturated carbocycles. The zero-order chi connectivity index (χ0) is 8.27. The Morgan fingerprint density at radius 3 is 2.73 bits per heavy atom. The van der Waals surface area contributed by atoms with Gasteiger partial charge in [-0.15, -0.1) is 6.42 Å². The minimum absolute atomic E-state index is 0.548. The minimum atomic E-state index is 0.548. The van der Waals surface area contributed by atoms with Crippen LogP contribution in [0.4, 0.5) is 0 Å². The molecule has 11 heavy (non-hydrogen) atoms. The number of terminal acetylenes is 1. The van der Waals surface area contributed by atoms with Gasteiger partial charge in [0.25, 0.3) is 0 Å². The van der Waals surface area contributed by atoms with E-state index in [1.54, 1.807) is 25.3 Å². The normalized spacial score (nSPS) is 8.82. The lowest BCUT2D eigenvalue weighted by Crippen LogP contribution is -1.87. The molecule has 0 aliphatic rings. The molecule has 0 atom stereocenters. The van der Waals surface area contributed by atoms with E-state index in [1.165, 1.54) is 0 Å². The third-order valence-corrected chi connectivity index (χ3v) is 1.65. The van der Waals surface area contributed by atoms with E-state index in [4.69, 9.17) is 22.8 Å². The second kappa shape index (κ2) is 3.32. The zero-order valence-corrected chi connectivity index (χ0v) is 6.85. The minimum Gasteiger partial charge on any atom is -0.495 e. The van der Waals surface area contributed by atoms with Crippen molar-refractivity contribution in [2.45, 2.75) is 0 Å². The summed E-state index contributed by atoms with van der Waals surface area (Å²) in [7, 11) is 1.56. The van der Waals surface area contributed by atoms with Crippen LogP contribution in [0.25, 0.3) is 0 Å². The smallest absolute Gasteiger partial charge is 0.135 e. The lowest BCUT2D eigenvalue weighted by atomic mass is 10.2. The number of ether oxygens (including phenoxy) is 1. The Labute approximate surface area is 70.9 Å². The van der Waals surface area contributed by atoms with Crippen molar-refractivity contribution in [2.24, 2.45) is 0 Å². The summed E-state index contributed by atoms with van der Waals surface area (Å²) in [6.07, 6.45) is 5.21. The maximum atomic E-state index is 5.79. The van der Waals surface area contributed by atoms with Gasteiger partial charge in [-0.05, 0) is 12.1 Å². The molecule has 0 bridgehead atoms. The van der Waals surface area contributed by atoms with E-state index in [0.29, 0.717) is 16.3 Å². The third-order valence-electron chi connectivity index (χ3n) is 1.34. The number of halogens is 1. The molecule has 2 heteroatoms. The Morgan fingerprint density at radius 1 is 1.55 bits per heavy atom. The fraction of sp³-hybridized carbons (Fsp3) is 0.111. The molecular weight excluding hydrogens is 160 g/mol. The second-order valence-corrected chi connectivity index (χ2v) is 2.37. The summed E-state index contributed by atoms with van der Waals surface area (Å²) in [5.74, 6) is 3.10. The number of hydrogen-bond donors (Lipinski definition) is 0. The average Bonchev–Trinajstić information content (AvgIpc) is 2.04. The first-order valence-corrected chi connectivity index (χ1v) is 3.46. The topological polar surface area (TPSA) is 9.23 Å². The van der Waals surface area contributed by atoms with Gasteiger partial charge in [0.15, 0.2) is 0 Å². The van der Waals surface area contributed by atoms with Gasteiger partial charge in [0, 0.05) is 0 Å². The highest BCUT2D eigenvalue weighted by molar-refractivity contribution is 6.32. The first kappa shape index (κ1) is 7.97. The molecular formula is C9H7ClO. The fourth-order valence-corrected chi connectivity index (χ4v) is 1.03. The predicted octanol–water partition coefficient (Wildman–Crippen LogP) is 2.33. The molecule has 0 aliphatic heterocycles. The van der Waals surface area contributed by atoms with Crippen molar-refractivity contribution in [3.63, 3.8) is 0 Å². The highest BCUT2D eigenvalue weighted by Crippen LogP contribution is 2.24. The van der Waals surface area contributed by atoms with Crippen molar-refractivity contribution in [2.75, 3.05) is 7.11 Å². The van der Waals surface area contributed by atoms with Gasteiger partial charge in [-0.3, -0.25) is 0 Å². The molecule has 0 spiro atoms. The van der Waals surface area contributed by atoms with Gasteiger partial charge in [0.05, 0.1) is 17.7 Å². The Bertz CT molecular complexity index is 299. The Hall–Kier alpha value is -1.13. The van der Waals surface area contributed by atoms with Gasteiger partial charge in [0.1, 0.15) is 5.75 Å². The number of rotatable bonds is 1. The highest BCUT2D eigenvalue weighted by Gasteiger charge is 2.02. The van der Waals surface area contributed by atoms with Crippen molar-refractivity contribution in [3.05, 3.63) is 28.8 Å². The van der Waals surface area contributed by atoms with Gasteiger partial charge in [-0.2, -0.15) is 0 Å². The summed E-state index contributed by atoms with van der Waals surface area (Å²) < 4.78 is 4.99. The van der Waals surface area contributed by atoms with Crippen molar-refractivity contribution < 1.29 is 4.74 Å². The molecule has 0 heterocycles. The van der Waals surface area contributed by atoms with Crippen LogP contribution in [0.2, 0.25) is 5.02 Å². The summed E-state index contributed by atoms with van der Waals surface area (Å²) in [4.78, 5) is 0. The molecule has 1 aromatic rings. The molecule has 0 amide bonds. The molecule has 0 aromatic heterocycles. The van der Waals surface area contributed by atoms with E-state index in [2.05, 4.69) is 5.92 Å². The van der Waals surface area contributed by atoms with Crippen LogP contribution in [-0.2, 0) is 0 Å². The van der Waals surface area contributed by atoms with E-state index < -0.39 is 0 Å². The van der Waals surface area contributed by atoms with Crippen LogP contribution < -0.4 is 4.74 Å². The van der Waals surface area contributed by atoms with Crippen LogP contribution in [0, 0.1) is 12.3 Å². The van der Waals surface area contributed by atoms with E-state index in [-0.39, 0.29) is 0 Å². The van der Waals surface area contributed by atoms with E-state index >= 15 is 0 Å². The summed E-state index contributed by atoms with van der Waals surface area (Å²) in [6, 6.07) is 5.31. The molecule has 0 aliphatic carbocycles. The van der Waals surface area contributed by atoms with Crippen molar-refractivity contribution in [3.8, 4) is 18.1 Å². The second-order valence-electron chi connectivity index (χ2n) is 1.96. The maximum Gasteiger partial charge on any atom is 0.135 e. The van der Waals surface area contributed by atoms with Gasteiger partial charge >= 0.3 is 0 Å². The summed E-state index contributed by atoms with van der Waals surface area (Å²) >= 11 is 5.79. The van der Waals surface area contributed by atoms with E-state index in [9.17, 15) is 0 Å². The molecule has 1 rings (SSSR count). The van der Waals surface area contributed by atoms with Crippen molar-refractivity contribution in [1.29, 1.82) is 0 Å². The molecule has 0 fully saturated rings. The van der Waals surface area contributed by atoms with E-state index in [1.807, 2.05) is 0 Å². The van der Waals surface area contributed by atoms with Crippen molar-refractivity contribution in [1.82, 2.24) is 0 Å². The Morgan fingerprint density at radius 2 is 2.27 bits per heavy atom. The molecule has 1 aromatic carbocycles. The van der Waals surface area contributed by atoms with Crippen LogP contribution in [0.5, 0.6) is 5.75 Å². The molecule has 0 saturated heterocycles. The Balaban J connectivity index is 3.27. The Kier molecular flexibility index (Phi) is 2.40. The third kappa shape index (κ3) is 1.47. The van der Waals surface area contributed by atoms with Gasteiger partial charge in [0.2, 0.25) is 0 Å². The summed E-state index contributed by atoms with van der Waals surface area (Å²) in [6.45, 7) is 0. The fourth-order valence-electron chi connectivity index (χ4n) is 0.815. The SMILES string of the molecule is C#Cc1c(Cl)cccc1OC. The summed E-state index contributed by atoms with van der Waals surface area (Å²) in [5, 5.41) is 0.548. The molecule has 0 unspecified atom stereocenters. The van der Waals surface area contributed by atoms with Crippen LogP contribution in [0.1, 0.15) is 5.56 Å². The maximum absolute atomic E-state index is 5.79. The van der Waals surface area contributed by atoms with Gasteiger partial charge in [-0.25, -0.2) is 0 Å². The van der Waals surface area contributed by atoms with E-state index in [0.717, 1.165) is 0 Å². The first-order valence-electron chi connectivity index (χ1n) is 3.08. The first-order chi connectivity index (χ1) is 5.29. The van der Waals surface area contributed by atoms with Crippen LogP contribution in [0.3, 0.4) is 0 Å². The molecule has 0 radical (unpaired) electrons. The highest BCUT2D eigenvalue weighted by atomic mass is 35.5. The van der Waals surface area contributed by atoms with Crippen LogP contribution >= 0.6 is 11.6 Å². The lowest BCUT2D eigenvalue weighted by Gasteiger charge is -2.03. The van der Waals surface area contributed by atoms with Crippen LogP contribution in [0.15, 0.2) is 18.2 Å². The molecule has 56 valence electrons. The standard InChI is InChI=1S/C9H7ClO/c1-3-7-8(10)5-4-6-9(7)11-2/h1,4-6H,2H3. The van der Waals surface area contributed by atoms with Gasteiger partial charge < -0.3 is 4.74 Å². The molecule has 0 N–H and O–H groups in total. The summed E-state index contributed by atoms with van der Waals surface area (Å²) in [5.41, 5.74) is 0.608.